The summed E-state index contributed by atoms with van der Waals surface area (Å²) in [6, 6.07) is 5.85. The molecule has 3 atom stereocenters. The van der Waals surface area contributed by atoms with Crippen molar-refractivity contribution in [3.63, 3.8) is 0 Å². The molecule has 1 aliphatic carbocycles. The van der Waals surface area contributed by atoms with Crippen molar-refractivity contribution in [2.75, 3.05) is 32.0 Å². The minimum absolute atomic E-state index is 0.0848. The molecule has 0 bridgehead atoms. The van der Waals surface area contributed by atoms with Gasteiger partial charge in [0.1, 0.15) is 6.04 Å². The third-order valence-electron chi connectivity index (χ3n) is 7.57. The van der Waals surface area contributed by atoms with Crippen molar-refractivity contribution >= 4 is 34.0 Å². The Bertz CT molecular complexity index is 1540. The number of carbonyl (C=O) groups excluding carboxylic acids is 2. The average molecular weight is 595 g/mol. The smallest absolute Gasteiger partial charge is 0.248 e. The van der Waals surface area contributed by atoms with Gasteiger partial charge in [0.25, 0.3) is 0 Å². The highest BCUT2D eigenvalue weighted by Gasteiger charge is 2.30. The van der Waals surface area contributed by atoms with Crippen molar-refractivity contribution in [1.82, 2.24) is 10.3 Å². The summed E-state index contributed by atoms with van der Waals surface area (Å²) in [5, 5.41) is 9.62. The molecule has 3 unspecified atom stereocenters. The molecule has 224 valence electrons. The monoisotopic (exact) mass is 594 g/mol. The van der Waals surface area contributed by atoms with Crippen molar-refractivity contribution in [1.29, 1.82) is 0 Å². The van der Waals surface area contributed by atoms with E-state index in [9.17, 15) is 14.4 Å². The van der Waals surface area contributed by atoms with E-state index in [1.165, 1.54) is 18.3 Å². The molecule has 3 aromatic rings. The molecule has 1 aliphatic rings. The van der Waals surface area contributed by atoms with E-state index in [1.54, 1.807) is 39.7 Å². The number of ether oxygens (including phenoxy) is 3. The van der Waals surface area contributed by atoms with Crippen molar-refractivity contribution in [2.45, 2.75) is 59.0 Å². The molecule has 2 aromatic carbocycles. The zero-order chi connectivity index (χ0) is 30.6. The first kappa shape index (κ1) is 30.8. The van der Waals surface area contributed by atoms with E-state index in [0.29, 0.717) is 52.8 Å². The number of thiazole rings is 1. The normalized spacial score (nSPS) is 15.3. The summed E-state index contributed by atoms with van der Waals surface area (Å²) < 4.78 is 17.1. The SMILES string of the molecule is CCC(C)C(Nc1ccc2c(cc1=O)C(NC(C)=O)CCc1cc(OC)c(OC)c(OC)c1-2)C(=O)Nc1ncc(C)s1. The number of nitrogens with one attached hydrogen (secondary N) is 3. The third-order valence-corrected chi connectivity index (χ3v) is 8.40. The number of benzene rings is 1. The van der Waals surface area contributed by atoms with Gasteiger partial charge in [-0.25, -0.2) is 4.98 Å². The molecule has 11 heteroatoms. The van der Waals surface area contributed by atoms with Crippen LogP contribution in [0.25, 0.3) is 11.1 Å². The lowest BCUT2D eigenvalue weighted by molar-refractivity contribution is -0.120. The lowest BCUT2D eigenvalue weighted by atomic mass is 9.95. The maximum atomic E-state index is 13.8. The standard InChI is InChI=1S/C31H38N4O6S/c1-8-16(2)27(30(38)35-31-32-15-17(3)42-31)34-23-12-10-20-21(14-24(23)37)22(33-18(4)36)11-9-19-13-25(39-5)28(40-6)29(41-7)26(19)20/h10,12-16,22,27H,8-9,11H2,1-7H3,(H,33,36)(H,34,37)(H,32,35,38). The zero-order valence-electron chi connectivity index (χ0n) is 25.0. The predicted octanol–water partition coefficient (Wildman–Crippen LogP) is 5.09. The first-order valence-electron chi connectivity index (χ1n) is 13.9. The van der Waals surface area contributed by atoms with Crippen LogP contribution in [0.15, 0.2) is 35.3 Å². The van der Waals surface area contributed by atoms with Gasteiger partial charge in [-0.1, -0.05) is 26.3 Å². The zero-order valence-corrected chi connectivity index (χ0v) is 25.9. The van der Waals surface area contributed by atoms with Crippen LogP contribution in [0.3, 0.4) is 0 Å². The van der Waals surface area contributed by atoms with Crippen LogP contribution in [0.2, 0.25) is 0 Å². The van der Waals surface area contributed by atoms with Crippen LogP contribution in [0.4, 0.5) is 10.8 Å². The van der Waals surface area contributed by atoms with E-state index >= 15 is 0 Å². The van der Waals surface area contributed by atoms with Gasteiger partial charge in [-0.15, -0.1) is 11.3 Å². The van der Waals surface area contributed by atoms with Gasteiger partial charge < -0.3 is 30.2 Å². The van der Waals surface area contributed by atoms with Gasteiger partial charge in [0.05, 0.1) is 33.1 Å². The molecule has 10 nitrogen and oxygen atoms in total. The number of anilines is 2. The highest BCUT2D eigenvalue weighted by atomic mass is 32.1. The predicted molar refractivity (Wildman–Crippen MR) is 165 cm³/mol. The summed E-state index contributed by atoms with van der Waals surface area (Å²) in [6.07, 6.45) is 3.56. The topological polar surface area (TPSA) is 128 Å². The van der Waals surface area contributed by atoms with Crippen LogP contribution >= 0.6 is 11.3 Å². The van der Waals surface area contributed by atoms with Gasteiger partial charge in [-0.3, -0.25) is 14.4 Å². The number of aryl methyl sites for hydroxylation is 2. The van der Waals surface area contributed by atoms with Crippen molar-refractivity contribution in [2.24, 2.45) is 5.92 Å². The second kappa shape index (κ2) is 13.2. The Morgan fingerprint density at radius 1 is 1.12 bits per heavy atom. The first-order valence-corrected chi connectivity index (χ1v) is 14.7. The number of rotatable bonds is 10. The number of hydrogen-bond donors (Lipinski definition) is 3. The van der Waals surface area contributed by atoms with E-state index in [0.717, 1.165) is 16.0 Å². The molecule has 0 spiro atoms. The summed E-state index contributed by atoms with van der Waals surface area (Å²) >= 11 is 1.39. The second-order valence-corrected chi connectivity index (χ2v) is 11.6. The number of fused-ring (bicyclic) bond motifs is 3. The molecule has 4 rings (SSSR count). The van der Waals surface area contributed by atoms with E-state index in [1.807, 2.05) is 32.9 Å². The highest BCUT2D eigenvalue weighted by Crippen LogP contribution is 2.50. The maximum absolute atomic E-state index is 13.8. The van der Waals surface area contributed by atoms with Gasteiger partial charge in [-0.2, -0.15) is 0 Å². The molecule has 0 aliphatic heterocycles. The molecule has 42 heavy (non-hydrogen) atoms. The van der Waals surface area contributed by atoms with Gasteiger partial charge in [-0.05, 0) is 60.6 Å². The third kappa shape index (κ3) is 6.35. The number of methoxy groups -OCH3 is 3. The van der Waals surface area contributed by atoms with E-state index in [4.69, 9.17) is 14.2 Å². The minimum Gasteiger partial charge on any atom is -0.493 e. The van der Waals surface area contributed by atoms with Gasteiger partial charge in [0, 0.05) is 23.6 Å². The molecule has 1 heterocycles. The van der Waals surface area contributed by atoms with Crippen molar-refractivity contribution in [3.8, 4) is 28.4 Å². The van der Waals surface area contributed by atoms with Crippen LogP contribution in [0.1, 0.15) is 55.7 Å². The molecule has 0 saturated carbocycles. The number of nitrogens with zero attached hydrogens (tertiary/aromatic N) is 1. The van der Waals surface area contributed by atoms with Crippen LogP contribution in [0, 0.1) is 12.8 Å². The Balaban J connectivity index is 1.87. The minimum atomic E-state index is -0.688. The van der Waals surface area contributed by atoms with E-state index in [-0.39, 0.29) is 28.8 Å². The Morgan fingerprint density at radius 3 is 2.45 bits per heavy atom. The van der Waals surface area contributed by atoms with Crippen LogP contribution in [-0.2, 0) is 16.0 Å². The molecule has 3 N–H and O–H groups in total. The molecular formula is C31H38N4O6S. The molecular weight excluding hydrogens is 556 g/mol. The molecule has 1 aromatic heterocycles. The Kier molecular flexibility index (Phi) is 9.72. The quantitative estimate of drug-likeness (QED) is 0.296. The van der Waals surface area contributed by atoms with Crippen molar-refractivity contribution in [3.05, 3.63) is 56.7 Å². The second-order valence-electron chi connectivity index (χ2n) is 10.4. The Hall–Kier alpha value is -4.12. The fourth-order valence-corrected chi connectivity index (χ4v) is 5.96. The summed E-state index contributed by atoms with van der Waals surface area (Å²) in [6.45, 7) is 7.33. The van der Waals surface area contributed by atoms with Crippen LogP contribution in [0.5, 0.6) is 17.2 Å². The fourth-order valence-electron chi connectivity index (χ4n) is 5.29. The van der Waals surface area contributed by atoms with E-state index < -0.39 is 12.1 Å². The molecule has 2 amide bonds. The van der Waals surface area contributed by atoms with Crippen LogP contribution in [-0.4, -0.2) is 44.2 Å². The largest absolute Gasteiger partial charge is 0.493 e. The lowest BCUT2D eigenvalue weighted by Crippen LogP contribution is -2.40. The van der Waals surface area contributed by atoms with Crippen molar-refractivity contribution < 1.29 is 23.8 Å². The van der Waals surface area contributed by atoms with Crippen LogP contribution < -0.4 is 35.6 Å². The number of carbonyl (C=O) groups is 2. The fraction of sp³-hybridized carbons (Fsp3) is 0.419. The van der Waals surface area contributed by atoms with E-state index in [2.05, 4.69) is 20.9 Å². The average Bonchev–Trinajstić information content (AvgIpc) is 3.23. The molecule has 0 radical (unpaired) electrons. The maximum Gasteiger partial charge on any atom is 0.248 e. The number of aromatic nitrogens is 1. The van der Waals surface area contributed by atoms with Gasteiger partial charge in [0.2, 0.25) is 23.0 Å². The first-order chi connectivity index (χ1) is 20.1. The summed E-state index contributed by atoms with van der Waals surface area (Å²) in [5.41, 5.74) is 3.02. The summed E-state index contributed by atoms with van der Waals surface area (Å²) in [4.78, 5) is 44.6. The summed E-state index contributed by atoms with van der Waals surface area (Å²) in [7, 11) is 4.66. The molecule has 0 fully saturated rings. The van der Waals surface area contributed by atoms with Gasteiger partial charge in [0.15, 0.2) is 16.6 Å². The number of hydrogen-bond acceptors (Lipinski definition) is 9. The van der Waals surface area contributed by atoms with Gasteiger partial charge >= 0.3 is 0 Å². The summed E-state index contributed by atoms with van der Waals surface area (Å²) in [5.74, 6) is 0.866. The highest BCUT2D eigenvalue weighted by molar-refractivity contribution is 7.15. The Morgan fingerprint density at radius 2 is 1.86 bits per heavy atom. The Labute approximate surface area is 249 Å². The molecule has 0 saturated heterocycles. The number of amides is 2. The lowest BCUT2D eigenvalue weighted by Gasteiger charge is -2.23.